The minimum atomic E-state index is -5.22. The molecule has 0 atom stereocenters. The SMILES string of the molecule is O=C(Cl)c1ncc(C(F)F)c(OC(F)(F)F)c1CCl. The molecule has 0 aliphatic rings. The molecule has 1 heterocycles. The van der Waals surface area contributed by atoms with E-state index in [1.807, 2.05) is 0 Å². The van der Waals surface area contributed by atoms with Crippen molar-refractivity contribution in [2.24, 2.45) is 0 Å². The quantitative estimate of drug-likeness (QED) is 0.477. The summed E-state index contributed by atoms with van der Waals surface area (Å²) in [5, 5.41) is -1.23. The molecule has 10 heteroatoms. The van der Waals surface area contributed by atoms with Gasteiger partial charge in [-0.25, -0.2) is 8.78 Å². The fourth-order valence-corrected chi connectivity index (χ4v) is 1.65. The first-order valence-electron chi connectivity index (χ1n) is 4.48. The van der Waals surface area contributed by atoms with Crippen LogP contribution in [0.5, 0.6) is 5.75 Å². The molecule has 0 N–H and O–H groups in total. The second-order valence-corrected chi connectivity index (χ2v) is 3.74. The minimum Gasteiger partial charge on any atom is -0.405 e. The van der Waals surface area contributed by atoms with Crippen molar-refractivity contribution in [3.63, 3.8) is 0 Å². The first-order valence-corrected chi connectivity index (χ1v) is 5.40. The molecular formula is C9H4Cl2F5NO2. The van der Waals surface area contributed by atoms with Gasteiger partial charge in [0.15, 0.2) is 0 Å². The highest BCUT2D eigenvalue weighted by Gasteiger charge is 2.36. The van der Waals surface area contributed by atoms with Crippen LogP contribution in [-0.4, -0.2) is 16.6 Å². The Bertz CT molecular complexity index is 492. The van der Waals surface area contributed by atoms with Crippen molar-refractivity contribution in [3.8, 4) is 5.75 Å². The van der Waals surface area contributed by atoms with Crippen LogP contribution in [0.1, 0.15) is 28.0 Å². The zero-order valence-corrected chi connectivity index (χ0v) is 10.3. The van der Waals surface area contributed by atoms with Crippen LogP contribution in [0.2, 0.25) is 0 Å². The van der Waals surface area contributed by atoms with Gasteiger partial charge in [-0.2, -0.15) is 0 Å². The Hall–Kier alpha value is -1.15. The molecule has 1 aromatic heterocycles. The molecule has 1 rings (SSSR count). The molecule has 106 valence electrons. The zero-order chi connectivity index (χ0) is 14.8. The summed E-state index contributed by atoms with van der Waals surface area (Å²) < 4.78 is 65.3. The molecule has 3 nitrogen and oxygen atoms in total. The maximum atomic E-state index is 12.6. The summed E-state index contributed by atoms with van der Waals surface area (Å²) in [6.45, 7) is 0. The lowest BCUT2D eigenvalue weighted by molar-refractivity contribution is -0.275. The fraction of sp³-hybridized carbons (Fsp3) is 0.333. The average molecular weight is 324 g/mol. The molecule has 0 aliphatic heterocycles. The Morgan fingerprint density at radius 3 is 2.37 bits per heavy atom. The average Bonchev–Trinajstić information content (AvgIpc) is 2.25. The molecule has 0 radical (unpaired) electrons. The van der Waals surface area contributed by atoms with Gasteiger partial charge in [0.25, 0.3) is 11.7 Å². The highest BCUT2D eigenvalue weighted by Crippen LogP contribution is 2.37. The second-order valence-electron chi connectivity index (χ2n) is 3.13. The van der Waals surface area contributed by atoms with E-state index in [0.29, 0.717) is 6.20 Å². The van der Waals surface area contributed by atoms with Crippen LogP contribution in [0.25, 0.3) is 0 Å². The molecular weight excluding hydrogens is 320 g/mol. The fourth-order valence-electron chi connectivity index (χ4n) is 1.24. The topological polar surface area (TPSA) is 39.2 Å². The predicted molar refractivity (Wildman–Crippen MR) is 55.6 cm³/mol. The number of rotatable bonds is 4. The van der Waals surface area contributed by atoms with E-state index in [0.717, 1.165) is 0 Å². The first-order chi connectivity index (χ1) is 8.67. The largest absolute Gasteiger partial charge is 0.573 e. The van der Waals surface area contributed by atoms with Gasteiger partial charge in [0.2, 0.25) is 0 Å². The van der Waals surface area contributed by atoms with Crippen LogP contribution < -0.4 is 4.74 Å². The van der Waals surface area contributed by atoms with Gasteiger partial charge in [-0.3, -0.25) is 9.78 Å². The summed E-state index contributed by atoms with van der Waals surface area (Å²) in [5.74, 6) is -1.95. The van der Waals surface area contributed by atoms with Gasteiger partial charge >= 0.3 is 6.36 Å². The highest BCUT2D eigenvalue weighted by atomic mass is 35.5. The van der Waals surface area contributed by atoms with Gasteiger partial charge < -0.3 is 4.74 Å². The third kappa shape index (κ3) is 3.90. The van der Waals surface area contributed by atoms with E-state index < -0.39 is 46.5 Å². The van der Waals surface area contributed by atoms with Gasteiger partial charge in [-0.15, -0.1) is 24.8 Å². The predicted octanol–water partition coefficient (Wildman–Crippen LogP) is 4.04. The molecule has 0 fully saturated rings. The van der Waals surface area contributed by atoms with Crippen molar-refractivity contribution in [2.45, 2.75) is 18.7 Å². The summed E-state index contributed by atoms with van der Waals surface area (Å²) in [4.78, 5) is 14.2. The van der Waals surface area contributed by atoms with Gasteiger partial charge in [-0.05, 0) is 11.6 Å². The molecule has 0 saturated heterocycles. The Labute approximate surface area is 113 Å². The van der Waals surface area contributed by atoms with Gasteiger partial charge in [0.1, 0.15) is 11.4 Å². The van der Waals surface area contributed by atoms with Crippen LogP contribution in [0, 0.1) is 0 Å². The number of carbonyl (C=O) groups is 1. The zero-order valence-electron chi connectivity index (χ0n) is 8.77. The maximum absolute atomic E-state index is 12.6. The van der Waals surface area contributed by atoms with E-state index >= 15 is 0 Å². The van der Waals surface area contributed by atoms with E-state index in [2.05, 4.69) is 9.72 Å². The number of hydrogen-bond acceptors (Lipinski definition) is 3. The van der Waals surface area contributed by atoms with Crippen molar-refractivity contribution in [1.29, 1.82) is 0 Å². The van der Waals surface area contributed by atoms with E-state index in [1.54, 1.807) is 0 Å². The normalized spacial score (nSPS) is 11.8. The van der Waals surface area contributed by atoms with Crippen LogP contribution in [0.3, 0.4) is 0 Å². The molecule has 0 aliphatic carbocycles. The Morgan fingerprint density at radius 2 is 2.00 bits per heavy atom. The number of alkyl halides is 6. The third-order valence-corrected chi connectivity index (χ3v) is 2.37. The number of carbonyl (C=O) groups excluding carboxylic acids is 1. The number of aromatic nitrogens is 1. The molecule has 0 bridgehead atoms. The molecule has 0 spiro atoms. The summed E-state index contributed by atoms with van der Waals surface area (Å²) in [6, 6.07) is 0. The van der Waals surface area contributed by atoms with Crippen molar-refractivity contribution < 1.29 is 31.5 Å². The first kappa shape index (κ1) is 15.9. The number of hydrogen-bond donors (Lipinski definition) is 0. The van der Waals surface area contributed by atoms with Crippen molar-refractivity contribution in [2.75, 3.05) is 0 Å². The summed E-state index contributed by atoms with van der Waals surface area (Å²) in [7, 11) is 0. The molecule has 1 aromatic rings. The monoisotopic (exact) mass is 323 g/mol. The second kappa shape index (κ2) is 5.87. The smallest absolute Gasteiger partial charge is 0.405 e. The van der Waals surface area contributed by atoms with Crippen LogP contribution in [0.4, 0.5) is 22.0 Å². The molecule has 0 unspecified atom stereocenters. The van der Waals surface area contributed by atoms with E-state index in [-0.39, 0.29) is 0 Å². The van der Waals surface area contributed by atoms with Crippen molar-refractivity contribution in [3.05, 3.63) is 23.0 Å². The number of halogens is 7. The molecule has 0 aromatic carbocycles. The Kier molecular flexibility index (Phi) is 4.92. The van der Waals surface area contributed by atoms with Crippen LogP contribution >= 0.6 is 23.2 Å². The number of ether oxygens (including phenoxy) is 1. The van der Waals surface area contributed by atoms with Crippen molar-refractivity contribution in [1.82, 2.24) is 4.98 Å². The summed E-state index contributed by atoms with van der Waals surface area (Å²) in [5.41, 5.74) is -2.44. The lowest BCUT2D eigenvalue weighted by Gasteiger charge is -2.16. The number of nitrogens with zero attached hydrogens (tertiary/aromatic N) is 1. The standard InChI is InChI=1S/C9H4Cl2F5NO2/c10-1-3-5(7(11)18)17-2-4(8(12)13)6(3)19-9(14,15)16/h2,8H,1H2. The van der Waals surface area contributed by atoms with E-state index in [1.165, 1.54) is 0 Å². The lowest BCUT2D eigenvalue weighted by atomic mass is 10.1. The van der Waals surface area contributed by atoms with E-state index in [4.69, 9.17) is 23.2 Å². The highest BCUT2D eigenvalue weighted by molar-refractivity contribution is 6.67. The van der Waals surface area contributed by atoms with E-state index in [9.17, 15) is 26.7 Å². The number of pyridine rings is 1. The van der Waals surface area contributed by atoms with Crippen molar-refractivity contribution >= 4 is 28.4 Å². The summed E-state index contributed by atoms with van der Waals surface area (Å²) in [6.07, 6.45) is -8.12. The maximum Gasteiger partial charge on any atom is 0.573 e. The van der Waals surface area contributed by atoms with Gasteiger partial charge in [0, 0.05) is 11.8 Å². The van der Waals surface area contributed by atoms with Crippen LogP contribution in [0.15, 0.2) is 6.20 Å². The van der Waals surface area contributed by atoms with Gasteiger partial charge in [0.05, 0.1) is 11.4 Å². The van der Waals surface area contributed by atoms with Crippen LogP contribution in [-0.2, 0) is 5.88 Å². The molecule has 19 heavy (non-hydrogen) atoms. The Balaban J connectivity index is 3.50. The van der Waals surface area contributed by atoms with Gasteiger partial charge in [-0.1, -0.05) is 0 Å². The summed E-state index contributed by atoms with van der Waals surface area (Å²) >= 11 is 10.4. The molecule has 0 amide bonds. The molecule has 0 saturated carbocycles. The Morgan fingerprint density at radius 1 is 1.42 bits per heavy atom. The minimum absolute atomic E-state index is 0.386. The third-order valence-electron chi connectivity index (χ3n) is 1.93. The lowest BCUT2D eigenvalue weighted by Crippen LogP contribution is -2.20.